The first-order valence-electron chi connectivity index (χ1n) is 5.67. The van der Waals surface area contributed by atoms with Gasteiger partial charge in [0.2, 0.25) is 0 Å². The van der Waals surface area contributed by atoms with Crippen molar-refractivity contribution < 1.29 is 21.6 Å². The van der Waals surface area contributed by atoms with Crippen LogP contribution in [0.3, 0.4) is 0 Å². The lowest BCUT2D eigenvalue weighted by Gasteiger charge is -2.21. The Bertz CT molecular complexity index is 572. The summed E-state index contributed by atoms with van der Waals surface area (Å²) >= 11 is 0. The molecule has 1 unspecified atom stereocenters. The van der Waals surface area contributed by atoms with Crippen LogP contribution in [0.4, 0.5) is 18.9 Å². The Balaban J connectivity index is 2.47. The highest BCUT2D eigenvalue weighted by Gasteiger charge is 2.52. The monoisotopic (exact) mass is 294 g/mol. The third-order valence-electron chi connectivity index (χ3n) is 3.13. The summed E-state index contributed by atoms with van der Waals surface area (Å²) in [5.74, 6) is -0.293. The summed E-state index contributed by atoms with van der Waals surface area (Å²) < 4.78 is 61.4. The second kappa shape index (κ2) is 4.68. The summed E-state index contributed by atoms with van der Waals surface area (Å²) in [4.78, 5) is 0. The molecule has 0 aliphatic carbocycles. The van der Waals surface area contributed by atoms with Crippen molar-refractivity contribution in [2.45, 2.75) is 17.8 Å². The van der Waals surface area contributed by atoms with Gasteiger partial charge < -0.3 is 5.73 Å². The van der Waals surface area contributed by atoms with Gasteiger partial charge in [-0.1, -0.05) is 18.2 Å². The van der Waals surface area contributed by atoms with Gasteiger partial charge in [0.1, 0.15) is 0 Å². The van der Waals surface area contributed by atoms with E-state index < -0.39 is 15.5 Å². The molecule has 19 heavy (non-hydrogen) atoms. The molecule has 0 aromatic heterocycles. The zero-order valence-corrected chi connectivity index (χ0v) is 10.7. The maximum atomic E-state index is 12.6. The van der Waals surface area contributed by atoms with Gasteiger partial charge in [-0.05, 0) is 24.6 Å². The molecule has 0 fully saturated rings. The standard InChI is InChI=1S/C11H13F3N2O2S/c12-11(13,14)19(17,18)16-7-8(5-6-15)9-3-1-2-4-10(9)16/h1-4,8H,5-7,15H2. The number of alkyl halides is 3. The molecular formula is C11H13F3N2O2S. The van der Waals surface area contributed by atoms with E-state index in [1.807, 2.05) is 0 Å². The number of nitrogens with zero attached hydrogens (tertiary/aromatic N) is 1. The fourth-order valence-corrected chi connectivity index (χ4v) is 3.31. The number of fused-ring (bicyclic) bond motifs is 1. The van der Waals surface area contributed by atoms with Gasteiger partial charge in [-0.15, -0.1) is 0 Å². The van der Waals surface area contributed by atoms with Crippen molar-refractivity contribution in [3.8, 4) is 0 Å². The molecule has 1 aliphatic heterocycles. The molecule has 1 aliphatic rings. The lowest BCUT2D eigenvalue weighted by molar-refractivity contribution is -0.0438. The summed E-state index contributed by atoms with van der Waals surface area (Å²) in [6, 6.07) is 6.21. The Hall–Kier alpha value is -1.28. The van der Waals surface area contributed by atoms with E-state index in [2.05, 4.69) is 0 Å². The van der Waals surface area contributed by atoms with E-state index in [4.69, 9.17) is 5.73 Å². The fourth-order valence-electron chi connectivity index (χ4n) is 2.26. The van der Waals surface area contributed by atoms with Crippen LogP contribution >= 0.6 is 0 Å². The van der Waals surface area contributed by atoms with Crippen LogP contribution in [0.1, 0.15) is 17.9 Å². The Kier molecular flexibility index (Phi) is 3.48. The minimum Gasteiger partial charge on any atom is -0.330 e. The molecule has 1 aromatic rings. The van der Waals surface area contributed by atoms with Gasteiger partial charge in [-0.25, -0.2) is 0 Å². The highest BCUT2D eigenvalue weighted by atomic mass is 32.2. The van der Waals surface area contributed by atoms with E-state index in [-0.39, 0.29) is 18.2 Å². The number of benzene rings is 1. The lowest BCUT2D eigenvalue weighted by atomic mass is 9.98. The average Bonchev–Trinajstić information content (AvgIpc) is 2.68. The quantitative estimate of drug-likeness (QED) is 0.924. The Morgan fingerprint density at radius 2 is 1.95 bits per heavy atom. The molecule has 0 amide bonds. The number of hydrogen-bond donors (Lipinski definition) is 1. The normalized spacial score (nSPS) is 19.6. The van der Waals surface area contributed by atoms with E-state index in [9.17, 15) is 21.6 Å². The summed E-state index contributed by atoms with van der Waals surface area (Å²) in [5, 5.41) is 0. The molecular weight excluding hydrogens is 281 g/mol. The van der Waals surface area contributed by atoms with Gasteiger partial charge in [-0.3, -0.25) is 4.31 Å². The van der Waals surface area contributed by atoms with Crippen molar-refractivity contribution >= 4 is 15.7 Å². The minimum atomic E-state index is -5.35. The molecule has 0 bridgehead atoms. The molecule has 1 atom stereocenters. The van der Waals surface area contributed by atoms with Gasteiger partial charge in [0.05, 0.1) is 5.69 Å². The number of anilines is 1. The molecule has 106 valence electrons. The van der Waals surface area contributed by atoms with E-state index in [0.29, 0.717) is 22.8 Å². The number of rotatable bonds is 3. The number of nitrogens with two attached hydrogens (primary N) is 1. The smallest absolute Gasteiger partial charge is 0.330 e. The second-order valence-corrected chi connectivity index (χ2v) is 6.17. The lowest BCUT2D eigenvalue weighted by Crippen LogP contribution is -2.40. The number of hydrogen-bond acceptors (Lipinski definition) is 3. The summed E-state index contributed by atoms with van der Waals surface area (Å²) in [6.07, 6.45) is 0.445. The van der Waals surface area contributed by atoms with Crippen LogP contribution in [0.5, 0.6) is 0 Å². The van der Waals surface area contributed by atoms with E-state index >= 15 is 0 Å². The molecule has 1 aromatic carbocycles. The second-order valence-electron chi connectivity index (χ2n) is 4.31. The predicted octanol–water partition coefficient (Wildman–Crippen LogP) is 1.79. The maximum Gasteiger partial charge on any atom is 0.516 e. The Morgan fingerprint density at radius 1 is 1.32 bits per heavy atom. The number of para-hydroxylation sites is 1. The Labute approximate surface area is 109 Å². The van der Waals surface area contributed by atoms with E-state index in [0.717, 1.165) is 0 Å². The molecule has 8 heteroatoms. The highest BCUT2D eigenvalue weighted by Crippen LogP contribution is 2.42. The van der Waals surface area contributed by atoms with Crippen LogP contribution < -0.4 is 10.0 Å². The van der Waals surface area contributed by atoms with Crippen molar-refractivity contribution in [3.05, 3.63) is 29.8 Å². The molecule has 1 heterocycles. The van der Waals surface area contributed by atoms with Gasteiger partial charge in [-0.2, -0.15) is 21.6 Å². The van der Waals surface area contributed by atoms with Crippen molar-refractivity contribution in [3.63, 3.8) is 0 Å². The highest BCUT2D eigenvalue weighted by molar-refractivity contribution is 7.93. The van der Waals surface area contributed by atoms with Crippen molar-refractivity contribution in [2.24, 2.45) is 5.73 Å². The molecule has 0 radical (unpaired) electrons. The number of halogens is 3. The first-order valence-corrected chi connectivity index (χ1v) is 7.11. The van der Waals surface area contributed by atoms with Gasteiger partial charge >= 0.3 is 15.5 Å². The summed E-state index contributed by atoms with van der Waals surface area (Å²) in [7, 11) is -5.35. The molecule has 0 spiro atoms. The molecule has 2 rings (SSSR count). The van der Waals surface area contributed by atoms with Gasteiger partial charge in [0.25, 0.3) is 0 Å². The van der Waals surface area contributed by atoms with Crippen molar-refractivity contribution in [1.29, 1.82) is 0 Å². The molecule has 2 N–H and O–H groups in total. The first kappa shape index (κ1) is 14.1. The third-order valence-corrected chi connectivity index (χ3v) is 4.64. The van der Waals surface area contributed by atoms with E-state index in [1.54, 1.807) is 12.1 Å². The van der Waals surface area contributed by atoms with Crippen LogP contribution in [0, 0.1) is 0 Å². The zero-order chi connectivity index (χ0) is 14.3. The SMILES string of the molecule is NCCC1CN(S(=O)(=O)C(F)(F)F)c2ccccc21. The van der Waals surface area contributed by atoms with Crippen LogP contribution in [0.25, 0.3) is 0 Å². The van der Waals surface area contributed by atoms with Crippen LogP contribution in [0.15, 0.2) is 24.3 Å². The summed E-state index contributed by atoms with van der Waals surface area (Å²) in [5.41, 5.74) is 0.815. The predicted molar refractivity (Wildman–Crippen MR) is 65.2 cm³/mol. The van der Waals surface area contributed by atoms with Gasteiger partial charge in [0.15, 0.2) is 0 Å². The van der Waals surface area contributed by atoms with Gasteiger partial charge in [0, 0.05) is 12.5 Å². The van der Waals surface area contributed by atoms with E-state index in [1.165, 1.54) is 12.1 Å². The zero-order valence-electron chi connectivity index (χ0n) is 9.89. The molecule has 0 saturated carbocycles. The van der Waals surface area contributed by atoms with Crippen molar-refractivity contribution in [1.82, 2.24) is 0 Å². The third kappa shape index (κ3) is 2.30. The fraction of sp³-hybridized carbons (Fsp3) is 0.455. The minimum absolute atomic E-state index is 0.0956. The largest absolute Gasteiger partial charge is 0.516 e. The average molecular weight is 294 g/mol. The molecule has 0 saturated heterocycles. The summed E-state index contributed by atoms with van der Waals surface area (Å²) in [6.45, 7) is 0.0807. The maximum absolute atomic E-state index is 12.6. The van der Waals surface area contributed by atoms with Crippen LogP contribution in [-0.2, 0) is 10.0 Å². The van der Waals surface area contributed by atoms with Crippen LogP contribution in [-0.4, -0.2) is 27.0 Å². The molecule has 4 nitrogen and oxygen atoms in total. The van der Waals surface area contributed by atoms with Crippen LogP contribution in [0.2, 0.25) is 0 Å². The number of sulfonamides is 1. The first-order chi connectivity index (χ1) is 8.79. The van der Waals surface area contributed by atoms with Crippen molar-refractivity contribution in [2.75, 3.05) is 17.4 Å². The topological polar surface area (TPSA) is 63.4 Å². The Morgan fingerprint density at radius 3 is 2.53 bits per heavy atom.